The Bertz CT molecular complexity index is 1090. The molecule has 3 heterocycles. The van der Waals surface area contributed by atoms with E-state index < -0.39 is 6.10 Å². The van der Waals surface area contributed by atoms with Crippen LogP contribution in [0, 0.1) is 0 Å². The summed E-state index contributed by atoms with van der Waals surface area (Å²) in [6.07, 6.45) is 2.54. The molecule has 1 fully saturated rings. The van der Waals surface area contributed by atoms with Crippen molar-refractivity contribution >= 4 is 17.2 Å². The van der Waals surface area contributed by atoms with Crippen molar-refractivity contribution in [2.75, 3.05) is 20.2 Å². The molecule has 0 unspecified atom stereocenters. The number of amides is 1. The molecule has 4 rings (SSSR count). The van der Waals surface area contributed by atoms with Crippen molar-refractivity contribution in [1.29, 1.82) is 0 Å². The zero-order valence-corrected chi connectivity index (χ0v) is 18.2. The number of carbonyl (C=O) groups excluding carboxylic acids is 1. The number of methoxy groups -OCH3 is 1. The maximum Gasteiger partial charge on any atom is 0.263 e. The molecule has 31 heavy (non-hydrogen) atoms. The van der Waals surface area contributed by atoms with Gasteiger partial charge >= 0.3 is 0 Å². The lowest BCUT2D eigenvalue weighted by atomic mass is 9.95. The minimum atomic E-state index is -0.602. The van der Waals surface area contributed by atoms with Crippen molar-refractivity contribution in [3.05, 3.63) is 58.1 Å². The molecule has 0 spiro atoms. The molecule has 0 aliphatic carbocycles. The van der Waals surface area contributed by atoms with Gasteiger partial charge in [-0.3, -0.25) is 9.59 Å². The summed E-state index contributed by atoms with van der Waals surface area (Å²) in [6.45, 7) is 2.92. The van der Waals surface area contributed by atoms with Gasteiger partial charge in [-0.05, 0) is 31.9 Å². The first-order chi connectivity index (χ1) is 15.0. The van der Waals surface area contributed by atoms with Gasteiger partial charge in [0.1, 0.15) is 28.0 Å². The van der Waals surface area contributed by atoms with Crippen molar-refractivity contribution in [3.8, 4) is 22.2 Å². The molecule has 8 nitrogen and oxygen atoms in total. The standard InChI is InChI=1S/C22H24N4O4S/c1-14(30-17-5-3-4-16(12-17)29-2)22(28)26-9-6-15(7-10-26)20-24-18(13-19(27)25-20)21-23-8-11-31-21/h3-5,8,11-15H,6-7,9-10H2,1-2H3,(H,24,25,27)/t14-/m0/s1. The number of aromatic nitrogens is 3. The third-order valence-electron chi connectivity index (χ3n) is 5.31. The number of ether oxygens (including phenoxy) is 2. The molecule has 9 heteroatoms. The molecule has 1 saturated heterocycles. The molecule has 1 atom stereocenters. The van der Waals surface area contributed by atoms with E-state index in [0.717, 1.165) is 17.8 Å². The quantitative estimate of drug-likeness (QED) is 0.633. The Morgan fingerprint density at radius 2 is 2.03 bits per heavy atom. The summed E-state index contributed by atoms with van der Waals surface area (Å²) in [4.78, 5) is 38.5. The average Bonchev–Trinajstić information content (AvgIpc) is 3.33. The number of piperidine rings is 1. The van der Waals surface area contributed by atoms with E-state index >= 15 is 0 Å². The zero-order valence-electron chi connectivity index (χ0n) is 17.4. The summed E-state index contributed by atoms with van der Waals surface area (Å²) in [5.41, 5.74) is 0.404. The van der Waals surface area contributed by atoms with E-state index in [1.54, 1.807) is 32.4 Å². The van der Waals surface area contributed by atoms with Crippen molar-refractivity contribution < 1.29 is 14.3 Å². The van der Waals surface area contributed by atoms with Gasteiger partial charge in [0, 0.05) is 42.7 Å². The topological polar surface area (TPSA) is 97.4 Å². The number of H-pyrrole nitrogens is 1. The number of likely N-dealkylation sites (tertiary alicyclic amines) is 1. The first-order valence-corrected chi connectivity index (χ1v) is 11.0. The smallest absolute Gasteiger partial charge is 0.263 e. The Balaban J connectivity index is 1.38. The van der Waals surface area contributed by atoms with E-state index in [1.165, 1.54) is 17.4 Å². The van der Waals surface area contributed by atoms with Crippen molar-refractivity contribution in [1.82, 2.24) is 19.9 Å². The summed E-state index contributed by atoms with van der Waals surface area (Å²) in [7, 11) is 1.59. The van der Waals surface area contributed by atoms with Gasteiger partial charge in [-0.2, -0.15) is 0 Å². The highest BCUT2D eigenvalue weighted by molar-refractivity contribution is 7.13. The second-order valence-corrected chi connectivity index (χ2v) is 8.29. The van der Waals surface area contributed by atoms with Crippen LogP contribution in [0.15, 0.2) is 46.7 Å². The first kappa shape index (κ1) is 21.0. The van der Waals surface area contributed by atoms with Crippen LogP contribution in [-0.2, 0) is 4.79 Å². The summed E-state index contributed by atoms with van der Waals surface area (Å²) < 4.78 is 11.0. The second kappa shape index (κ2) is 9.30. The van der Waals surface area contributed by atoms with Crippen LogP contribution in [-0.4, -0.2) is 52.1 Å². The monoisotopic (exact) mass is 440 g/mol. The van der Waals surface area contributed by atoms with Crippen LogP contribution >= 0.6 is 11.3 Å². The summed E-state index contributed by atoms with van der Waals surface area (Å²) >= 11 is 1.45. The average molecular weight is 441 g/mol. The fourth-order valence-electron chi connectivity index (χ4n) is 3.69. The van der Waals surface area contributed by atoms with E-state index in [4.69, 9.17) is 9.47 Å². The van der Waals surface area contributed by atoms with Crippen molar-refractivity contribution in [2.24, 2.45) is 0 Å². The third kappa shape index (κ3) is 4.93. The van der Waals surface area contributed by atoms with E-state index in [-0.39, 0.29) is 17.4 Å². The number of thiazole rings is 1. The van der Waals surface area contributed by atoms with Crippen LogP contribution in [0.5, 0.6) is 11.5 Å². The molecule has 3 aromatic rings. The summed E-state index contributed by atoms with van der Waals surface area (Å²) in [5, 5.41) is 2.58. The molecular formula is C22H24N4O4S. The van der Waals surface area contributed by atoms with E-state index in [9.17, 15) is 9.59 Å². The van der Waals surface area contributed by atoms with Gasteiger partial charge in [0.15, 0.2) is 6.10 Å². The third-order valence-corrected chi connectivity index (χ3v) is 6.10. The molecular weight excluding hydrogens is 416 g/mol. The molecule has 0 saturated carbocycles. The normalized spacial score (nSPS) is 15.5. The minimum absolute atomic E-state index is 0.0562. The Morgan fingerprint density at radius 3 is 2.74 bits per heavy atom. The van der Waals surface area contributed by atoms with Crippen LogP contribution in [0.1, 0.15) is 31.5 Å². The highest BCUT2D eigenvalue weighted by Crippen LogP contribution is 2.28. The fraction of sp³-hybridized carbons (Fsp3) is 0.364. The number of nitrogens with zero attached hydrogens (tertiary/aromatic N) is 3. The van der Waals surface area contributed by atoms with E-state index in [2.05, 4.69) is 15.0 Å². The molecule has 1 amide bonds. The minimum Gasteiger partial charge on any atom is -0.497 e. The highest BCUT2D eigenvalue weighted by Gasteiger charge is 2.29. The molecule has 1 aliphatic rings. The zero-order chi connectivity index (χ0) is 21.8. The van der Waals surface area contributed by atoms with E-state index in [1.807, 2.05) is 22.4 Å². The number of hydrogen-bond donors (Lipinski definition) is 1. The lowest BCUT2D eigenvalue weighted by molar-refractivity contribution is -0.139. The van der Waals surface area contributed by atoms with Crippen LogP contribution in [0.2, 0.25) is 0 Å². The SMILES string of the molecule is COc1cccc(O[C@@H](C)C(=O)N2CCC(c3nc(-c4nccs4)cc(=O)[nH]3)CC2)c1. The molecule has 162 valence electrons. The first-order valence-electron chi connectivity index (χ1n) is 10.1. The van der Waals surface area contributed by atoms with Gasteiger partial charge in [-0.1, -0.05) is 6.07 Å². The molecule has 0 bridgehead atoms. The Labute approximate surface area is 183 Å². The summed E-state index contributed by atoms with van der Waals surface area (Å²) in [5.74, 6) is 1.96. The number of aromatic amines is 1. The molecule has 2 aromatic heterocycles. The lowest BCUT2D eigenvalue weighted by Crippen LogP contribution is -2.44. The number of rotatable bonds is 6. The summed E-state index contributed by atoms with van der Waals surface area (Å²) in [6, 6.07) is 8.68. The van der Waals surface area contributed by atoms with E-state index in [0.29, 0.717) is 36.1 Å². The Hall–Kier alpha value is -3.20. The van der Waals surface area contributed by atoms with Crippen molar-refractivity contribution in [3.63, 3.8) is 0 Å². The predicted octanol–water partition coefficient (Wildman–Crippen LogP) is 3.08. The highest BCUT2D eigenvalue weighted by atomic mass is 32.1. The van der Waals surface area contributed by atoms with Crippen LogP contribution in [0.4, 0.5) is 0 Å². The van der Waals surface area contributed by atoms with Crippen molar-refractivity contribution in [2.45, 2.75) is 31.8 Å². The number of benzene rings is 1. The second-order valence-electron chi connectivity index (χ2n) is 7.39. The maximum atomic E-state index is 12.9. The van der Waals surface area contributed by atoms with Crippen LogP contribution in [0.25, 0.3) is 10.7 Å². The van der Waals surface area contributed by atoms with Gasteiger partial charge in [0.2, 0.25) is 0 Å². The maximum absolute atomic E-state index is 12.9. The predicted molar refractivity (Wildman–Crippen MR) is 118 cm³/mol. The van der Waals surface area contributed by atoms with Crippen LogP contribution < -0.4 is 15.0 Å². The molecule has 1 N–H and O–H groups in total. The van der Waals surface area contributed by atoms with Gasteiger partial charge in [-0.15, -0.1) is 11.3 Å². The number of nitrogens with one attached hydrogen (secondary N) is 1. The molecule has 0 radical (unpaired) electrons. The van der Waals surface area contributed by atoms with Gasteiger partial charge < -0.3 is 19.4 Å². The Morgan fingerprint density at radius 1 is 1.26 bits per heavy atom. The Kier molecular flexibility index (Phi) is 6.31. The number of hydrogen-bond acceptors (Lipinski definition) is 7. The van der Waals surface area contributed by atoms with Gasteiger partial charge in [-0.25, -0.2) is 9.97 Å². The molecule has 1 aromatic carbocycles. The lowest BCUT2D eigenvalue weighted by Gasteiger charge is -2.33. The molecule has 1 aliphatic heterocycles. The van der Waals surface area contributed by atoms with Gasteiger partial charge in [0.05, 0.1) is 7.11 Å². The van der Waals surface area contributed by atoms with Gasteiger partial charge in [0.25, 0.3) is 11.5 Å². The largest absolute Gasteiger partial charge is 0.497 e. The van der Waals surface area contributed by atoms with Crippen LogP contribution in [0.3, 0.4) is 0 Å². The fourth-order valence-corrected chi connectivity index (χ4v) is 4.29. The number of carbonyl (C=O) groups is 1.